The maximum atomic E-state index is 12.0. The van der Waals surface area contributed by atoms with Crippen LogP contribution in [0, 0.1) is 0 Å². The van der Waals surface area contributed by atoms with Gasteiger partial charge in [0.2, 0.25) is 0 Å². The van der Waals surface area contributed by atoms with Crippen molar-refractivity contribution in [2.75, 3.05) is 5.32 Å². The first-order valence-corrected chi connectivity index (χ1v) is 8.10. The molecule has 0 saturated carbocycles. The van der Waals surface area contributed by atoms with Crippen molar-refractivity contribution in [1.29, 1.82) is 0 Å². The van der Waals surface area contributed by atoms with E-state index in [-0.39, 0.29) is 11.7 Å². The van der Waals surface area contributed by atoms with Gasteiger partial charge < -0.3 is 9.73 Å². The molecule has 0 saturated heterocycles. The van der Waals surface area contributed by atoms with Crippen LogP contribution in [0.15, 0.2) is 51.7 Å². The Hall–Kier alpha value is -1.76. The first kappa shape index (κ1) is 16.1. The summed E-state index contributed by atoms with van der Waals surface area (Å²) in [7, 11) is 0. The predicted molar refractivity (Wildman–Crippen MR) is 92.2 cm³/mol. The molecule has 0 radical (unpaired) electrons. The molecule has 0 unspecified atom stereocenters. The lowest BCUT2D eigenvalue weighted by Crippen LogP contribution is -2.12. The van der Waals surface area contributed by atoms with E-state index in [1.165, 1.54) is 0 Å². The van der Waals surface area contributed by atoms with Gasteiger partial charge >= 0.3 is 0 Å². The van der Waals surface area contributed by atoms with E-state index < -0.39 is 0 Å². The summed E-state index contributed by atoms with van der Waals surface area (Å²) in [4.78, 5) is 12.0. The molecule has 1 amide bonds. The number of furan rings is 1. The molecule has 0 bridgehead atoms. The Morgan fingerprint density at radius 2 is 2.09 bits per heavy atom. The quantitative estimate of drug-likeness (QED) is 0.663. The van der Waals surface area contributed by atoms with Gasteiger partial charge in [0.25, 0.3) is 5.91 Å². The fraction of sp³-hybridized carbons (Fsp3) is 0.0667. The van der Waals surface area contributed by atoms with Gasteiger partial charge in [-0.05, 0) is 45.8 Å². The number of anilines is 1. The van der Waals surface area contributed by atoms with Crippen molar-refractivity contribution in [3.63, 3.8) is 0 Å². The Morgan fingerprint density at radius 3 is 2.78 bits per heavy atom. The number of hydrogen-bond donors (Lipinski definition) is 1. The van der Waals surface area contributed by atoms with Crippen molar-refractivity contribution in [2.45, 2.75) is 6.54 Å². The van der Waals surface area contributed by atoms with E-state index in [1.54, 1.807) is 41.2 Å². The lowest BCUT2D eigenvalue weighted by atomic mass is 10.2. The summed E-state index contributed by atoms with van der Waals surface area (Å²) in [6.45, 7) is 0.470. The fourth-order valence-corrected chi connectivity index (χ4v) is 2.73. The summed E-state index contributed by atoms with van der Waals surface area (Å²) in [5, 5.41) is 8.09. The van der Waals surface area contributed by atoms with Crippen molar-refractivity contribution in [3.8, 4) is 0 Å². The van der Waals surface area contributed by atoms with Crippen LogP contribution >= 0.6 is 39.1 Å². The van der Waals surface area contributed by atoms with Crippen LogP contribution in [0.25, 0.3) is 0 Å². The number of hydrogen-bond acceptors (Lipinski definition) is 3. The SMILES string of the molecule is O=C(Nc1ccn(Cc2ccc(Cl)cc2Cl)n1)c1ccc(Br)o1. The van der Waals surface area contributed by atoms with E-state index in [4.69, 9.17) is 27.6 Å². The van der Waals surface area contributed by atoms with Gasteiger partial charge in [-0.2, -0.15) is 5.10 Å². The molecule has 0 aliphatic rings. The smallest absolute Gasteiger partial charge is 0.292 e. The largest absolute Gasteiger partial charge is 0.444 e. The van der Waals surface area contributed by atoms with Crippen molar-refractivity contribution in [1.82, 2.24) is 9.78 Å². The number of nitrogens with zero attached hydrogens (tertiary/aromatic N) is 2. The number of carbonyl (C=O) groups is 1. The molecule has 0 spiro atoms. The minimum atomic E-state index is -0.370. The van der Waals surface area contributed by atoms with E-state index in [0.717, 1.165) is 5.56 Å². The maximum absolute atomic E-state index is 12.0. The summed E-state index contributed by atoms with van der Waals surface area (Å²) in [5.41, 5.74) is 0.881. The average molecular weight is 415 g/mol. The molecule has 0 atom stereocenters. The van der Waals surface area contributed by atoms with Crippen molar-refractivity contribution < 1.29 is 9.21 Å². The van der Waals surface area contributed by atoms with Crippen LogP contribution in [0.5, 0.6) is 0 Å². The van der Waals surface area contributed by atoms with Gasteiger partial charge in [0, 0.05) is 22.3 Å². The molecule has 8 heteroatoms. The number of carbonyl (C=O) groups excluding carboxylic acids is 1. The zero-order valence-corrected chi connectivity index (χ0v) is 14.7. The van der Waals surface area contributed by atoms with Crippen LogP contribution in [0.1, 0.15) is 16.1 Å². The minimum Gasteiger partial charge on any atom is -0.444 e. The first-order chi connectivity index (χ1) is 11.0. The van der Waals surface area contributed by atoms with Gasteiger partial charge in [0.15, 0.2) is 16.2 Å². The minimum absolute atomic E-state index is 0.201. The van der Waals surface area contributed by atoms with Crippen LogP contribution < -0.4 is 5.32 Å². The second-order valence-corrected chi connectivity index (χ2v) is 6.32. The summed E-state index contributed by atoms with van der Waals surface area (Å²) in [6, 6.07) is 10.2. The van der Waals surface area contributed by atoms with Crippen LogP contribution in [0.2, 0.25) is 10.0 Å². The highest BCUT2D eigenvalue weighted by Crippen LogP contribution is 2.22. The van der Waals surface area contributed by atoms with E-state index in [0.29, 0.717) is 27.1 Å². The molecule has 2 heterocycles. The molecule has 3 aromatic rings. The molecule has 2 aromatic heterocycles. The molecule has 1 aromatic carbocycles. The second kappa shape index (κ2) is 6.78. The third kappa shape index (κ3) is 3.96. The molecule has 3 rings (SSSR count). The van der Waals surface area contributed by atoms with E-state index in [1.807, 2.05) is 6.07 Å². The number of amides is 1. The topological polar surface area (TPSA) is 60.1 Å². The Labute approximate surface area is 150 Å². The number of benzene rings is 1. The highest BCUT2D eigenvalue weighted by atomic mass is 79.9. The monoisotopic (exact) mass is 413 g/mol. The molecule has 1 N–H and O–H groups in total. The third-order valence-electron chi connectivity index (χ3n) is 3.03. The number of halogens is 3. The number of aromatic nitrogens is 2. The summed E-state index contributed by atoms with van der Waals surface area (Å²) >= 11 is 15.2. The second-order valence-electron chi connectivity index (χ2n) is 4.69. The van der Waals surface area contributed by atoms with Crippen molar-refractivity contribution in [2.24, 2.45) is 0 Å². The van der Waals surface area contributed by atoms with Crippen LogP contribution in [-0.4, -0.2) is 15.7 Å². The summed E-state index contributed by atoms with van der Waals surface area (Å²) in [6.07, 6.45) is 1.75. The molecule has 0 fully saturated rings. The van der Waals surface area contributed by atoms with Crippen LogP contribution in [0.3, 0.4) is 0 Å². The molecule has 0 aliphatic carbocycles. The van der Waals surface area contributed by atoms with Crippen LogP contribution in [0.4, 0.5) is 5.82 Å². The lowest BCUT2D eigenvalue weighted by molar-refractivity contribution is 0.0995. The Bertz CT molecular complexity index is 860. The molecule has 5 nitrogen and oxygen atoms in total. The molecule has 118 valence electrons. The van der Waals surface area contributed by atoms with Gasteiger partial charge in [-0.15, -0.1) is 0 Å². The Balaban J connectivity index is 1.69. The highest BCUT2D eigenvalue weighted by Gasteiger charge is 2.12. The zero-order chi connectivity index (χ0) is 16.4. The standard InChI is InChI=1S/C15H10BrCl2N3O2/c16-13-4-3-12(23-13)15(22)19-14-5-6-21(20-14)8-9-1-2-10(17)7-11(9)18/h1-7H,8H2,(H,19,20,22). The molecule has 23 heavy (non-hydrogen) atoms. The van der Waals surface area contributed by atoms with Crippen molar-refractivity contribution >= 4 is 50.9 Å². The molecular formula is C15H10BrCl2N3O2. The third-order valence-corrected chi connectivity index (χ3v) is 4.04. The number of rotatable bonds is 4. The van der Waals surface area contributed by atoms with Crippen LogP contribution in [-0.2, 0) is 6.54 Å². The van der Waals surface area contributed by atoms with Gasteiger partial charge in [0.05, 0.1) is 6.54 Å². The van der Waals surface area contributed by atoms with E-state index in [2.05, 4.69) is 26.3 Å². The average Bonchev–Trinajstić information content (AvgIpc) is 3.11. The predicted octanol–water partition coefficient (Wildman–Crippen LogP) is 4.85. The Morgan fingerprint density at radius 1 is 1.26 bits per heavy atom. The fourth-order valence-electron chi connectivity index (χ4n) is 1.96. The Kier molecular flexibility index (Phi) is 4.75. The van der Waals surface area contributed by atoms with E-state index in [9.17, 15) is 4.79 Å². The summed E-state index contributed by atoms with van der Waals surface area (Å²) in [5.74, 6) is 0.255. The summed E-state index contributed by atoms with van der Waals surface area (Å²) < 4.78 is 7.35. The van der Waals surface area contributed by atoms with Gasteiger partial charge in [-0.1, -0.05) is 29.3 Å². The van der Waals surface area contributed by atoms with Gasteiger partial charge in [-0.25, -0.2) is 0 Å². The van der Waals surface area contributed by atoms with E-state index >= 15 is 0 Å². The maximum Gasteiger partial charge on any atom is 0.292 e. The molecule has 0 aliphatic heterocycles. The lowest BCUT2D eigenvalue weighted by Gasteiger charge is -2.05. The van der Waals surface area contributed by atoms with Gasteiger partial charge in [0.1, 0.15) is 0 Å². The normalized spacial score (nSPS) is 10.7. The first-order valence-electron chi connectivity index (χ1n) is 6.55. The highest BCUT2D eigenvalue weighted by molar-refractivity contribution is 9.10. The number of nitrogens with one attached hydrogen (secondary N) is 1. The molecular weight excluding hydrogens is 405 g/mol. The van der Waals surface area contributed by atoms with Crippen molar-refractivity contribution in [3.05, 3.63) is 68.6 Å². The zero-order valence-electron chi connectivity index (χ0n) is 11.6. The van der Waals surface area contributed by atoms with Gasteiger partial charge in [-0.3, -0.25) is 9.48 Å².